The molecule has 1 aromatic heterocycles. The van der Waals surface area contributed by atoms with E-state index in [1.165, 1.54) is 0 Å². The van der Waals surface area contributed by atoms with Crippen LogP contribution in [0.4, 0.5) is 0 Å². The molecule has 0 radical (unpaired) electrons. The maximum absolute atomic E-state index is 11.6. The summed E-state index contributed by atoms with van der Waals surface area (Å²) < 4.78 is 11.8. The van der Waals surface area contributed by atoms with E-state index >= 15 is 0 Å². The molecule has 0 saturated carbocycles. The molecule has 1 heterocycles. The number of ether oxygens (including phenoxy) is 2. The molecule has 4 aromatic rings. The number of imidazole rings is 1. The van der Waals surface area contributed by atoms with E-state index < -0.39 is 5.91 Å². The van der Waals surface area contributed by atoms with Gasteiger partial charge in [-0.3, -0.25) is 4.79 Å². The quantitative estimate of drug-likeness (QED) is 0.415. The summed E-state index contributed by atoms with van der Waals surface area (Å²) in [5.74, 6) is 0.905. The maximum atomic E-state index is 11.6. The fourth-order valence-electron chi connectivity index (χ4n) is 2.91. The Labute approximate surface area is 182 Å². The number of fused-ring (bicyclic) bond motifs is 1. The van der Waals surface area contributed by atoms with E-state index in [9.17, 15) is 4.79 Å². The highest BCUT2D eigenvalue weighted by molar-refractivity contribution is 6.35. The number of benzene rings is 3. The van der Waals surface area contributed by atoms with Gasteiger partial charge in [-0.2, -0.15) is 0 Å². The molecule has 0 aliphatic rings. The number of halogens is 2. The number of carbonyl (C=O) groups excluding carboxylic acids is 1. The number of H-pyrrole nitrogens is 1. The highest BCUT2D eigenvalue weighted by Gasteiger charge is 2.12. The summed E-state index contributed by atoms with van der Waals surface area (Å²) in [5, 5.41) is 1.05. The van der Waals surface area contributed by atoms with Crippen LogP contribution in [0.3, 0.4) is 0 Å². The van der Waals surface area contributed by atoms with Gasteiger partial charge in [-0.05, 0) is 42.5 Å². The maximum Gasteiger partial charge on any atom is 0.248 e. The average molecular weight is 442 g/mol. The lowest BCUT2D eigenvalue weighted by molar-refractivity contribution is 0.0999. The number of nitrogens with zero attached hydrogens (tertiary/aromatic N) is 1. The fraction of sp³-hybridized carbons (Fsp3) is 0.0909. The number of aromatic amines is 1. The van der Waals surface area contributed by atoms with E-state index in [0.717, 1.165) is 16.6 Å². The van der Waals surface area contributed by atoms with Gasteiger partial charge in [-0.1, -0.05) is 41.4 Å². The summed E-state index contributed by atoms with van der Waals surface area (Å²) in [4.78, 5) is 19.3. The van der Waals surface area contributed by atoms with Crippen LogP contribution >= 0.6 is 23.2 Å². The van der Waals surface area contributed by atoms with Gasteiger partial charge in [0.1, 0.15) is 19.0 Å². The Balaban J connectivity index is 1.54. The highest BCUT2D eigenvalue weighted by Crippen LogP contribution is 2.31. The van der Waals surface area contributed by atoms with Gasteiger partial charge in [-0.25, -0.2) is 4.98 Å². The summed E-state index contributed by atoms with van der Waals surface area (Å²) in [7, 11) is 0. The number of carbonyl (C=O) groups is 1. The van der Waals surface area contributed by atoms with Gasteiger partial charge < -0.3 is 20.2 Å². The van der Waals surface area contributed by atoms with E-state index in [4.69, 9.17) is 38.4 Å². The first-order valence-electron chi connectivity index (χ1n) is 9.06. The molecule has 0 aliphatic heterocycles. The molecular weight excluding hydrogens is 425 g/mol. The van der Waals surface area contributed by atoms with E-state index in [1.807, 2.05) is 24.3 Å². The molecule has 6 nitrogen and oxygen atoms in total. The van der Waals surface area contributed by atoms with Gasteiger partial charge in [0.05, 0.1) is 11.0 Å². The Kier molecular flexibility index (Phi) is 5.79. The van der Waals surface area contributed by atoms with Crippen LogP contribution < -0.4 is 15.2 Å². The zero-order valence-electron chi connectivity index (χ0n) is 15.7. The van der Waals surface area contributed by atoms with Crippen molar-refractivity contribution in [1.82, 2.24) is 9.97 Å². The number of nitrogens with two attached hydrogens (primary N) is 1. The minimum Gasteiger partial charge on any atom is -0.485 e. The zero-order chi connectivity index (χ0) is 21.1. The summed E-state index contributed by atoms with van der Waals surface area (Å²) in [6, 6.07) is 17.6. The van der Waals surface area contributed by atoms with Crippen LogP contribution in [0.5, 0.6) is 11.5 Å². The van der Waals surface area contributed by atoms with Gasteiger partial charge >= 0.3 is 0 Å². The molecule has 0 atom stereocenters. The van der Waals surface area contributed by atoms with Crippen LogP contribution in [-0.2, 0) is 13.2 Å². The predicted molar refractivity (Wildman–Crippen MR) is 116 cm³/mol. The second-order valence-electron chi connectivity index (χ2n) is 6.54. The fourth-order valence-corrected chi connectivity index (χ4v) is 3.37. The largest absolute Gasteiger partial charge is 0.485 e. The molecule has 3 aromatic carbocycles. The van der Waals surface area contributed by atoms with Crippen LogP contribution in [0.2, 0.25) is 10.0 Å². The Bertz CT molecular complexity index is 1190. The molecule has 0 aliphatic carbocycles. The van der Waals surface area contributed by atoms with Crippen molar-refractivity contribution in [2.24, 2.45) is 5.73 Å². The Morgan fingerprint density at radius 2 is 1.77 bits per heavy atom. The second kappa shape index (κ2) is 8.65. The molecule has 8 heteroatoms. The van der Waals surface area contributed by atoms with E-state index in [-0.39, 0.29) is 13.2 Å². The lowest BCUT2D eigenvalue weighted by Crippen LogP contribution is -2.11. The van der Waals surface area contributed by atoms with Gasteiger partial charge in [0.15, 0.2) is 11.5 Å². The van der Waals surface area contributed by atoms with Gasteiger partial charge in [0, 0.05) is 21.2 Å². The number of nitrogens with one attached hydrogen (secondary N) is 1. The lowest BCUT2D eigenvalue weighted by atomic mass is 10.2. The minimum absolute atomic E-state index is 0.162. The van der Waals surface area contributed by atoms with Gasteiger partial charge in [0.2, 0.25) is 5.91 Å². The minimum atomic E-state index is -0.559. The number of hydrogen-bond donors (Lipinski definition) is 2. The summed E-state index contributed by atoms with van der Waals surface area (Å²) in [5.41, 5.74) is 8.24. The smallest absolute Gasteiger partial charge is 0.248 e. The van der Waals surface area contributed by atoms with E-state index in [2.05, 4.69) is 9.97 Å². The van der Waals surface area contributed by atoms with Crippen molar-refractivity contribution in [2.45, 2.75) is 13.2 Å². The molecule has 0 spiro atoms. The Morgan fingerprint density at radius 3 is 2.53 bits per heavy atom. The first kappa shape index (κ1) is 20.1. The van der Waals surface area contributed by atoms with Crippen molar-refractivity contribution in [3.8, 4) is 11.5 Å². The monoisotopic (exact) mass is 441 g/mol. The third-order valence-electron chi connectivity index (χ3n) is 4.43. The molecule has 30 heavy (non-hydrogen) atoms. The van der Waals surface area contributed by atoms with Crippen molar-refractivity contribution in [3.05, 3.63) is 87.7 Å². The number of rotatable bonds is 7. The average Bonchev–Trinajstić information content (AvgIpc) is 3.15. The molecule has 1 amide bonds. The number of amides is 1. The SMILES string of the molecule is NC(=O)c1ccc(OCc2ccc(Cl)cc2Cl)c(OCc2nc3ccccc3[nH]2)c1. The number of primary amides is 1. The van der Waals surface area contributed by atoms with E-state index in [0.29, 0.717) is 32.9 Å². The molecule has 0 bridgehead atoms. The van der Waals surface area contributed by atoms with Crippen molar-refractivity contribution in [3.63, 3.8) is 0 Å². The Morgan fingerprint density at radius 1 is 0.967 bits per heavy atom. The molecule has 0 fully saturated rings. The molecular formula is C22H17Cl2N3O3. The van der Waals surface area contributed by atoms with Crippen molar-refractivity contribution >= 4 is 40.1 Å². The van der Waals surface area contributed by atoms with E-state index in [1.54, 1.807) is 36.4 Å². The van der Waals surface area contributed by atoms with Crippen LogP contribution in [-0.4, -0.2) is 15.9 Å². The lowest BCUT2D eigenvalue weighted by Gasteiger charge is -2.14. The Hall–Kier alpha value is -3.22. The van der Waals surface area contributed by atoms with Crippen LogP contribution in [0.25, 0.3) is 11.0 Å². The molecule has 0 unspecified atom stereocenters. The van der Waals surface area contributed by atoms with Gasteiger partial charge in [0.25, 0.3) is 0 Å². The standard InChI is InChI=1S/C22H17Cl2N3O3/c23-15-7-5-14(16(24)10-15)11-29-19-8-6-13(22(25)28)9-20(19)30-12-21-26-17-3-1-2-4-18(17)27-21/h1-10H,11-12H2,(H2,25,28)(H,26,27). The number of hydrogen-bond acceptors (Lipinski definition) is 4. The zero-order valence-corrected chi connectivity index (χ0v) is 17.2. The summed E-state index contributed by atoms with van der Waals surface area (Å²) in [6.07, 6.45) is 0. The molecule has 0 saturated heterocycles. The van der Waals surface area contributed by atoms with Gasteiger partial charge in [-0.15, -0.1) is 0 Å². The first-order valence-corrected chi connectivity index (χ1v) is 9.82. The second-order valence-corrected chi connectivity index (χ2v) is 7.38. The van der Waals surface area contributed by atoms with Crippen LogP contribution in [0.1, 0.15) is 21.7 Å². The summed E-state index contributed by atoms with van der Waals surface area (Å²) >= 11 is 12.2. The van der Waals surface area contributed by atoms with Crippen molar-refractivity contribution in [2.75, 3.05) is 0 Å². The van der Waals surface area contributed by atoms with Crippen LogP contribution in [0, 0.1) is 0 Å². The molecule has 4 rings (SSSR count). The molecule has 152 valence electrons. The third kappa shape index (κ3) is 4.50. The normalized spacial score (nSPS) is 10.9. The van der Waals surface area contributed by atoms with Crippen molar-refractivity contribution in [1.29, 1.82) is 0 Å². The predicted octanol–water partition coefficient (Wildman–Crippen LogP) is 5.13. The topological polar surface area (TPSA) is 90.2 Å². The first-order chi connectivity index (χ1) is 14.5. The van der Waals surface area contributed by atoms with Crippen LogP contribution in [0.15, 0.2) is 60.7 Å². The number of para-hydroxylation sites is 2. The van der Waals surface area contributed by atoms with Crippen molar-refractivity contribution < 1.29 is 14.3 Å². The highest BCUT2D eigenvalue weighted by atomic mass is 35.5. The number of aromatic nitrogens is 2. The third-order valence-corrected chi connectivity index (χ3v) is 5.02. The molecule has 3 N–H and O–H groups in total. The summed E-state index contributed by atoms with van der Waals surface area (Å²) in [6.45, 7) is 0.363.